The van der Waals surface area contributed by atoms with E-state index in [1.54, 1.807) is 0 Å². The van der Waals surface area contributed by atoms with Crippen molar-refractivity contribution < 1.29 is 23.7 Å². The molecule has 0 bridgehead atoms. The van der Waals surface area contributed by atoms with Crippen LogP contribution in [0.25, 0.3) is 0 Å². The van der Waals surface area contributed by atoms with Crippen molar-refractivity contribution in [2.75, 3.05) is 38.4 Å². The number of rotatable bonds is 6. The van der Waals surface area contributed by atoms with Gasteiger partial charge in [-0.1, -0.05) is 13.0 Å². The number of hydrogen-bond donors (Lipinski definition) is 1. The molecule has 2 aliphatic rings. The van der Waals surface area contributed by atoms with Gasteiger partial charge < -0.3 is 24.3 Å². The topological polar surface area (TPSA) is 69.3 Å². The van der Waals surface area contributed by atoms with Crippen LogP contribution in [0.2, 0.25) is 0 Å². The van der Waals surface area contributed by atoms with Gasteiger partial charge in [-0.3, -0.25) is 9.69 Å². The van der Waals surface area contributed by atoms with E-state index < -0.39 is 0 Å². The van der Waals surface area contributed by atoms with Crippen LogP contribution >= 0.6 is 0 Å². The molecule has 7 nitrogen and oxygen atoms in total. The van der Waals surface area contributed by atoms with Crippen molar-refractivity contribution in [2.45, 2.75) is 19.9 Å². The van der Waals surface area contributed by atoms with Gasteiger partial charge in [-0.05, 0) is 36.4 Å². The quantitative estimate of drug-likeness (QED) is 0.826. The summed E-state index contributed by atoms with van der Waals surface area (Å²) in [6, 6.07) is 11.3. The number of anilines is 1. The fraction of sp³-hybridized carbons (Fsp3) is 0.381. The van der Waals surface area contributed by atoms with Crippen molar-refractivity contribution in [1.29, 1.82) is 0 Å². The van der Waals surface area contributed by atoms with Crippen LogP contribution in [-0.4, -0.2) is 43.9 Å². The predicted octanol–water partition coefficient (Wildman–Crippen LogP) is 3.04. The monoisotopic (exact) mass is 384 g/mol. The third kappa shape index (κ3) is 4.31. The van der Waals surface area contributed by atoms with E-state index in [1.807, 2.05) is 43.3 Å². The van der Waals surface area contributed by atoms with Gasteiger partial charge >= 0.3 is 0 Å². The van der Waals surface area contributed by atoms with E-state index in [9.17, 15) is 4.79 Å². The largest absolute Gasteiger partial charge is 0.490 e. The minimum absolute atomic E-state index is 0.0721. The minimum atomic E-state index is -0.0721. The summed E-state index contributed by atoms with van der Waals surface area (Å²) in [5.74, 6) is 2.83. The summed E-state index contributed by atoms with van der Waals surface area (Å²) < 4.78 is 22.1. The summed E-state index contributed by atoms with van der Waals surface area (Å²) in [6.45, 7) is 5.25. The molecule has 0 aliphatic carbocycles. The maximum atomic E-state index is 12.5. The Kier molecular flexibility index (Phi) is 5.53. The van der Waals surface area contributed by atoms with E-state index in [0.29, 0.717) is 43.5 Å². The van der Waals surface area contributed by atoms with Gasteiger partial charge in [-0.2, -0.15) is 0 Å². The highest BCUT2D eigenvalue weighted by molar-refractivity contribution is 5.92. The lowest BCUT2D eigenvalue weighted by Crippen LogP contribution is -2.32. The molecule has 0 saturated carbocycles. The van der Waals surface area contributed by atoms with Gasteiger partial charge in [0, 0.05) is 24.7 Å². The van der Waals surface area contributed by atoms with E-state index in [1.165, 1.54) is 0 Å². The normalized spacial score (nSPS) is 14.6. The maximum Gasteiger partial charge on any atom is 0.238 e. The van der Waals surface area contributed by atoms with Crippen LogP contribution in [0.4, 0.5) is 5.69 Å². The van der Waals surface area contributed by atoms with Gasteiger partial charge in [0.05, 0.1) is 19.8 Å². The number of nitrogens with one attached hydrogen (secondary N) is 1. The second kappa shape index (κ2) is 8.39. The van der Waals surface area contributed by atoms with Crippen LogP contribution in [0, 0.1) is 0 Å². The zero-order chi connectivity index (χ0) is 19.3. The molecule has 7 heteroatoms. The van der Waals surface area contributed by atoms with Crippen molar-refractivity contribution in [2.24, 2.45) is 0 Å². The number of likely N-dealkylation sites (N-methyl/N-ethyl adjacent to an activating group) is 1. The second-order valence-electron chi connectivity index (χ2n) is 6.75. The molecule has 2 aromatic rings. The Labute approximate surface area is 164 Å². The molecule has 0 unspecified atom stereocenters. The van der Waals surface area contributed by atoms with Crippen LogP contribution in [0.5, 0.6) is 23.0 Å². The fourth-order valence-corrected chi connectivity index (χ4v) is 3.22. The lowest BCUT2D eigenvalue weighted by atomic mass is 10.2. The van der Waals surface area contributed by atoms with Gasteiger partial charge in [0.15, 0.2) is 23.0 Å². The maximum absolute atomic E-state index is 12.5. The van der Waals surface area contributed by atoms with Gasteiger partial charge in [-0.25, -0.2) is 0 Å². The fourth-order valence-electron chi connectivity index (χ4n) is 3.22. The van der Waals surface area contributed by atoms with Crippen molar-refractivity contribution >= 4 is 11.6 Å². The van der Waals surface area contributed by atoms with E-state index >= 15 is 0 Å². The highest BCUT2D eigenvalue weighted by Gasteiger charge is 2.16. The zero-order valence-corrected chi connectivity index (χ0v) is 15.9. The van der Waals surface area contributed by atoms with Crippen LogP contribution in [0.3, 0.4) is 0 Å². The van der Waals surface area contributed by atoms with E-state index in [2.05, 4.69) is 10.2 Å². The molecule has 4 rings (SSSR count). The summed E-state index contributed by atoms with van der Waals surface area (Å²) >= 11 is 0. The summed E-state index contributed by atoms with van der Waals surface area (Å²) in [7, 11) is 0. The van der Waals surface area contributed by atoms with Crippen LogP contribution < -0.4 is 24.3 Å². The van der Waals surface area contributed by atoms with Gasteiger partial charge in [-0.15, -0.1) is 0 Å². The molecule has 0 spiro atoms. The number of hydrogen-bond acceptors (Lipinski definition) is 6. The average molecular weight is 384 g/mol. The van der Waals surface area contributed by atoms with Crippen molar-refractivity contribution in [3.05, 3.63) is 42.0 Å². The van der Waals surface area contributed by atoms with Crippen LogP contribution in [-0.2, 0) is 11.3 Å². The lowest BCUT2D eigenvalue weighted by molar-refractivity contribution is -0.117. The predicted molar refractivity (Wildman–Crippen MR) is 104 cm³/mol. The number of benzene rings is 2. The number of ether oxygens (including phenoxy) is 4. The second-order valence-corrected chi connectivity index (χ2v) is 6.75. The molecule has 2 heterocycles. The molecular formula is C21H24N2O5. The smallest absolute Gasteiger partial charge is 0.238 e. The average Bonchev–Trinajstić information content (AvgIpc) is 3.03. The van der Waals surface area contributed by atoms with Gasteiger partial charge in [0.1, 0.15) is 0 Å². The zero-order valence-electron chi connectivity index (χ0n) is 15.9. The first-order valence-electron chi connectivity index (χ1n) is 9.51. The van der Waals surface area contributed by atoms with E-state index in [4.69, 9.17) is 18.9 Å². The molecule has 2 aliphatic heterocycles. The van der Waals surface area contributed by atoms with Gasteiger partial charge in [0.2, 0.25) is 12.7 Å². The first-order chi connectivity index (χ1) is 13.7. The number of carbonyl (C=O) groups is 1. The Morgan fingerprint density at radius 3 is 2.54 bits per heavy atom. The number of carbonyl (C=O) groups excluding carboxylic acids is 1. The SMILES string of the molecule is CCN(CC(=O)Nc1ccc2c(c1)OCCCO2)Cc1ccc2c(c1)OCO2. The van der Waals surface area contributed by atoms with Crippen molar-refractivity contribution in [3.63, 3.8) is 0 Å². The first kappa shape index (κ1) is 18.4. The molecule has 2 aromatic carbocycles. The van der Waals surface area contributed by atoms with E-state index in [0.717, 1.165) is 30.0 Å². The Morgan fingerprint density at radius 2 is 1.68 bits per heavy atom. The number of nitrogens with zero attached hydrogens (tertiary/aromatic N) is 1. The van der Waals surface area contributed by atoms with Crippen molar-refractivity contribution in [1.82, 2.24) is 4.90 Å². The van der Waals surface area contributed by atoms with Gasteiger partial charge in [0.25, 0.3) is 0 Å². The summed E-state index contributed by atoms with van der Waals surface area (Å²) in [5.41, 5.74) is 1.78. The molecule has 0 fully saturated rings. The highest BCUT2D eigenvalue weighted by atomic mass is 16.7. The molecular weight excluding hydrogens is 360 g/mol. The highest BCUT2D eigenvalue weighted by Crippen LogP contribution is 2.33. The molecule has 0 radical (unpaired) electrons. The molecule has 0 atom stereocenters. The summed E-state index contributed by atoms with van der Waals surface area (Å²) in [6.07, 6.45) is 0.849. The number of amides is 1. The van der Waals surface area contributed by atoms with Crippen molar-refractivity contribution in [3.8, 4) is 23.0 Å². The third-order valence-electron chi connectivity index (χ3n) is 4.69. The molecule has 0 saturated heterocycles. The summed E-state index contributed by atoms with van der Waals surface area (Å²) in [5, 5.41) is 2.94. The molecule has 0 aromatic heterocycles. The molecule has 148 valence electrons. The molecule has 1 amide bonds. The van der Waals surface area contributed by atoms with Crippen LogP contribution in [0.1, 0.15) is 18.9 Å². The minimum Gasteiger partial charge on any atom is -0.490 e. The standard InChI is InChI=1S/C21H24N2O5/c1-2-23(12-15-4-6-18-19(10-15)28-14-27-18)13-21(24)22-16-5-7-17-20(11-16)26-9-3-8-25-17/h4-7,10-11H,2-3,8-9,12-14H2,1H3,(H,22,24). The van der Waals surface area contributed by atoms with Crippen LogP contribution in [0.15, 0.2) is 36.4 Å². The number of fused-ring (bicyclic) bond motifs is 2. The third-order valence-corrected chi connectivity index (χ3v) is 4.69. The Hall–Kier alpha value is -2.93. The Bertz CT molecular complexity index is 855. The summed E-state index contributed by atoms with van der Waals surface area (Å²) in [4.78, 5) is 14.6. The van der Waals surface area contributed by atoms with E-state index in [-0.39, 0.29) is 12.7 Å². The lowest BCUT2D eigenvalue weighted by Gasteiger charge is -2.20. The Balaban J connectivity index is 1.36. The Morgan fingerprint density at radius 1 is 0.964 bits per heavy atom. The first-order valence-corrected chi connectivity index (χ1v) is 9.51. The molecule has 1 N–H and O–H groups in total. The molecule has 28 heavy (non-hydrogen) atoms.